The predicted molar refractivity (Wildman–Crippen MR) is 55.0 cm³/mol. The molecule has 0 aromatic heterocycles. The minimum Gasteiger partial charge on any atom is -0.468 e. The summed E-state index contributed by atoms with van der Waals surface area (Å²) in [5.41, 5.74) is 0. The summed E-state index contributed by atoms with van der Waals surface area (Å²) in [6, 6.07) is 0.600. The molecule has 0 saturated carbocycles. The van der Waals surface area contributed by atoms with Crippen LogP contribution in [-0.2, 0) is 9.53 Å². The molecule has 4 heteroatoms. The minimum atomic E-state index is -0.124. The molecular formula is C9H17NO2S. The van der Waals surface area contributed by atoms with Gasteiger partial charge in [0.05, 0.1) is 12.9 Å². The van der Waals surface area contributed by atoms with Gasteiger partial charge >= 0.3 is 5.97 Å². The zero-order chi connectivity index (χ0) is 9.52. The minimum absolute atomic E-state index is 0.124. The van der Waals surface area contributed by atoms with Gasteiger partial charge in [0.1, 0.15) is 0 Å². The third-order valence-electron chi connectivity index (χ3n) is 2.18. The Morgan fingerprint density at radius 2 is 2.46 bits per heavy atom. The molecule has 0 spiro atoms. The maximum Gasteiger partial charge on any atom is 0.315 e. The Morgan fingerprint density at radius 3 is 3.08 bits per heavy atom. The van der Waals surface area contributed by atoms with Gasteiger partial charge in [0.15, 0.2) is 0 Å². The highest BCUT2D eigenvalue weighted by molar-refractivity contribution is 7.99. The second-order valence-corrected chi connectivity index (χ2v) is 4.27. The number of carbonyl (C=O) groups excluding carboxylic acids is 1. The van der Waals surface area contributed by atoms with Gasteiger partial charge in [-0.15, -0.1) is 11.8 Å². The summed E-state index contributed by atoms with van der Waals surface area (Å²) in [5, 5.41) is 3.44. The summed E-state index contributed by atoms with van der Waals surface area (Å²) >= 11 is 1.66. The molecule has 0 aliphatic carbocycles. The average Bonchev–Trinajstić information content (AvgIpc) is 2.19. The van der Waals surface area contributed by atoms with Gasteiger partial charge in [0.2, 0.25) is 0 Å². The molecule has 1 aliphatic heterocycles. The molecule has 0 radical (unpaired) electrons. The summed E-state index contributed by atoms with van der Waals surface area (Å²) in [5.74, 6) is 1.38. The molecule has 0 bridgehead atoms. The van der Waals surface area contributed by atoms with Crippen molar-refractivity contribution in [3.8, 4) is 0 Å². The van der Waals surface area contributed by atoms with Crippen LogP contribution in [0.5, 0.6) is 0 Å². The number of nitrogens with one attached hydrogen (secondary N) is 1. The van der Waals surface area contributed by atoms with Gasteiger partial charge in [-0.25, -0.2) is 0 Å². The number of methoxy groups -OCH3 is 1. The van der Waals surface area contributed by atoms with Crippen LogP contribution in [0.4, 0.5) is 0 Å². The number of piperidine rings is 1. The lowest BCUT2D eigenvalue weighted by molar-refractivity contribution is -0.137. The monoisotopic (exact) mass is 203 g/mol. The molecule has 3 nitrogen and oxygen atoms in total. The standard InChI is InChI=1S/C9H17NO2S/c1-12-9(11)7-13-6-8-4-2-3-5-10-8/h8,10H,2-7H2,1H3/t8-/m0/s1. The first-order valence-electron chi connectivity index (χ1n) is 4.71. The summed E-state index contributed by atoms with van der Waals surface area (Å²) in [6.45, 7) is 1.13. The normalized spacial score (nSPS) is 22.7. The molecule has 0 amide bonds. The highest BCUT2D eigenvalue weighted by Crippen LogP contribution is 2.12. The van der Waals surface area contributed by atoms with E-state index in [0.717, 1.165) is 12.3 Å². The fourth-order valence-corrected chi connectivity index (χ4v) is 2.38. The van der Waals surface area contributed by atoms with Crippen LogP contribution in [0.2, 0.25) is 0 Å². The zero-order valence-electron chi connectivity index (χ0n) is 8.04. The molecule has 1 aliphatic rings. The number of thioether (sulfide) groups is 1. The highest BCUT2D eigenvalue weighted by Gasteiger charge is 2.12. The van der Waals surface area contributed by atoms with Crippen LogP contribution in [0, 0.1) is 0 Å². The Balaban J connectivity index is 2.01. The smallest absolute Gasteiger partial charge is 0.315 e. The van der Waals surface area contributed by atoms with Gasteiger partial charge in [0, 0.05) is 11.8 Å². The molecule has 1 rings (SSSR count). The van der Waals surface area contributed by atoms with Crippen molar-refractivity contribution in [3.05, 3.63) is 0 Å². The van der Waals surface area contributed by atoms with E-state index >= 15 is 0 Å². The molecule has 1 heterocycles. The van der Waals surface area contributed by atoms with E-state index in [2.05, 4.69) is 10.1 Å². The quantitative estimate of drug-likeness (QED) is 0.693. The van der Waals surface area contributed by atoms with Crippen LogP contribution < -0.4 is 5.32 Å². The fourth-order valence-electron chi connectivity index (χ4n) is 1.41. The Kier molecular flexibility index (Phi) is 5.23. The molecule has 1 saturated heterocycles. The van der Waals surface area contributed by atoms with E-state index in [1.807, 2.05) is 0 Å². The van der Waals surface area contributed by atoms with Crippen molar-refractivity contribution in [2.45, 2.75) is 25.3 Å². The Hall–Kier alpha value is -0.220. The number of ether oxygens (including phenoxy) is 1. The first-order valence-corrected chi connectivity index (χ1v) is 5.86. The largest absolute Gasteiger partial charge is 0.468 e. The Bertz CT molecular complexity index is 158. The van der Waals surface area contributed by atoms with Gasteiger partial charge in [0.25, 0.3) is 0 Å². The number of hydrogen-bond acceptors (Lipinski definition) is 4. The van der Waals surface area contributed by atoms with Crippen molar-refractivity contribution >= 4 is 17.7 Å². The third kappa shape index (κ3) is 4.52. The van der Waals surface area contributed by atoms with Crippen molar-refractivity contribution < 1.29 is 9.53 Å². The molecule has 0 aromatic rings. The van der Waals surface area contributed by atoms with Crippen LogP contribution in [0.1, 0.15) is 19.3 Å². The van der Waals surface area contributed by atoms with E-state index in [1.165, 1.54) is 26.4 Å². The average molecular weight is 203 g/mol. The van der Waals surface area contributed by atoms with Gasteiger partial charge in [-0.2, -0.15) is 0 Å². The maximum absolute atomic E-state index is 10.8. The Morgan fingerprint density at radius 1 is 1.62 bits per heavy atom. The van der Waals surface area contributed by atoms with E-state index in [9.17, 15) is 4.79 Å². The lowest BCUT2D eigenvalue weighted by Crippen LogP contribution is -2.36. The predicted octanol–water partition coefficient (Wildman–Crippen LogP) is 1.03. The summed E-state index contributed by atoms with van der Waals surface area (Å²) in [6.07, 6.45) is 3.85. The lowest BCUT2D eigenvalue weighted by Gasteiger charge is -2.22. The highest BCUT2D eigenvalue weighted by atomic mass is 32.2. The van der Waals surface area contributed by atoms with Crippen molar-refractivity contribution in [1.82, 2.24) is 5.32 Å². The second kappa shape index (κ2) is 6.27. The van der Waals surface area contributed by atoms with Gasteiger partial charge in [-0.1, -0.05) is 6.42 Å². The topological polar surface area (TPSA) is 38.3 Å². The van der Waals surface area contributed by atoms with E-state index in [0.29, 0.717) is 11.8 Å². The van der Waals surface area contributed by atoms with Crippen LogP contribution in [0.15, 0.2) is 0 Å². The van der Waals surface area contributed by atoms with Crippen LogP contribution in [-0.4, -0.2) is 37.2 Å². The van der Waals surface area contributed by atoms with E-state index < -0.39 is 0 Å². The van der Waals surface area contributed by atoms with Crippen LogP contribution in [0.3, 0.4) is 0 Å². The number of carbonyl (C=O) groups is 1. The number of hydrogen-bond donors (Lipinski definition) is 1. The van der Waals surface area contributed by atoms with E-state index in [1.54, 1.807) is 11.8 Å². The van der Waals surface area contributed by atoms with Crippen molar-refractivity contribution in [1.29, 1.82) is 0 Å². The van der Waals surface area contributed by atoms with Gasteiger partial charge in [-0.3, -0.25) is 4.79 Å². The maximum atomic E-state index is 10.8. The lowest BCUT2D eigenvalue weighted by atomic mass is 10.1. The van der Waals surface area contributed by atoms with Crippen molar-refractivity contribution in [3.63, 3.8) is 0 Å². The van der Waals surface area contributed by atoms with E-state index in [4.69, 9.17) is 0 Å². The summed E-state index contributed by atoms with van der Waals surface area (Å²) in [4.78, 5) is 10.8. The van der Waals surface area contributed by atoms with Crippen LogP contribution >= 0.6 is 11.8 Å². The summed E-state index contributed by atoms with van der Waals surface area (Å²) in [7, 11) is 1.43. The van der Waals surface area contributed by atoms with E-state index in [-0.39, 0.29) is 5.97 Å². The molecule has 76 valence electrons. The first-order chi connectivity index (χ1) is 6.33. The summed E-state index contributed by atoms with van der Waals surface area (Å²) < 4.78 is 4.56. The Labute approximate surface area is 83.6 Å². The number of esters is 1. The molecule has 1 N–H and O–H groups in total. The molecule has 13 heavy (non-hydrogen) atoms. The van der Waals surface area contributed by atoms with Crippen molar-refractivity contribution in [2.24, 2.45) is 0 Å². The number of rotatable bonds is 4. The van der Waals surface area contributed by atoms with Gasteiger partial charge in [-0.05, 0) is 19.4 Å². The first kappa shape index (κ1) is 10.9. The second-order valence-electron chi connectivity index (χ2n) is 3.24. The zero-order valence-corrected chi connectivity index (χ0v) is 8.86. The van der Waals surface area contributed by atoms with Gasteiger partial charge < -0.3 is 10.1 Å². The van der Waals surface area contributed by atoms with Crippen LogP contribution in [0.25, 0.3) is 0 Å². The fraction of sp³-hybridized carbons (Fsp3) is 0.889. The third-order valence-corrected chi connectivity index (χ3v) is 3.26. The molecule has 0 aromatic carbocycles. The van der Waals surface area contributed by atoms with Crippen molar-refractivity contribution in [2.75, 3.05) is 25.2 Å². The molecule has 0 unspecified atom stereocenters. The SMILES string of the molecule is COC(=O)CSC[C@@H]1CCCCN1. The molecular weight excluding hydrogens is 186 g/mol. The molecule has 1 atom stereocenters. The molecule has 1 fully saturated rings.